The molecule has 0 radical (unpaired) electrons. The van der Waals surface area contributed by atoms with E-state index in [0.717, 1.165) is 0 Å². The third-order valence-electron chi connectivity index (χ3n) is 2.19. The van der Waals surface area contributed by atoms with Gasteiger partial charge in [-0.25, -0.2) is 4.98 Å². The molecule has 0 fully saturated rings. The average molecular weight is 239 g/mol. The minimum Gasteiger partial charge on any atom is -0.463 e. The van der Waals surface area contributed by atoms with Crippen LogP contribution in [0.25, 0.3) is 0 Å². The number of aryl methyl sites for hydroxylation is 1. The monoisotopic (exact) mass is 239 g/mol. The molecule has 17 heavy (non-hydrogen) atoms. The molecule has 0 amide bonds. The second kappa shape index (κ2) is 5.47. The second-order valence-corrected chi connectivity index (χ2v) is 4.05. The lowest BCUT2D eigenvalue weighted by Crippen LogP contribution is -2.20. The van der Waals surface area contributed by atoms with Crippen molar-refractivity contribution in [2.75, 3.05) is 5.73 Å². The maximum Gasteiger partial charge on any atom is 0.306 e. The lowest BCUT2D eigenvalue weighted by molar-refractivity contribution is -0.147. The molecule has 0 saturated carbocycles. The minimum atomic E-state index is -0.323. The van der Waals surface area contributed by atoms with Crippen molar-refractivity contribution >= 4 is 11.9 Å². The van der Waals surface area contributed by atoms with Crippen LogP contribution in [-0.2, 0) is 16.0 Å². The smallest absolute Gasteiger partial charge is 0.306 e. The van der Waals surface area contributed by atoms with Gasteiger partial charge in [-0.1, -0.05) is 0 Å². The van der Waals surface area contributed by atoms with Gasteiger partial charge in [-0.05, 0) is 27.2 Å². The standard InChI is InChI=1S/C11H17N3O3/c1-6(2)17-9(15)5-4-8-7(3)13-11(12)14-10(8)16/h6H,4-5H2,1-3H3,(H3,12,13,14,16). The molecule has 0 aliphatic heterocycles. The van der Waals surface area contributed by atoms with Gasteiger partial charge in [0.15, 0.2) is 0 Å². The van der Waals surface area contributed by atoms with E-state index in [2.05, 4.69) is 9.97 Å². The highest BCUT2D eigenvalue weighted by Gasteiger charge is 2.11. The number of rotatable bonds is 4. The molecule has 1 aromatic heterocycles. The fourth-order valence-electron chi connectivity index (χ4n) is 1.48. The van der Waals surface area contributed by atoms with E-state index >= 15 is 0 Å². The number of nitrogens with two attached hydrogens (primary N) is 1. The quantitative estimate of drug-likeness (QED) is 0.747. The van der Waals surface area contributed by atoms with Crippen LogP contribution in [0, 0.1) is 6.92 Å². The number of nitrogen functional groups attached to an aromatic ring is 1. The summed E-state index contributed by atoms with van der Waals surface area (Å²) in [7, 11) is 0. The zero-order chi connectivity index (χ0) is 13.0. The van der Waals surface area contributed by atoms with E-state index in [1.54, 1.807) is 20.8 Å². The fourth-order valence-corrected chi connectivity index (χ4v) is 1.48. The summed E-state index contributed by atoms with van der Waals surface area (Å²) >= 11 is 0. The molecule has 6 heteroatoms. The number of nitrogens with one attached hydrogen (secondary N) is 1. The van der Waals surface area contributed by atoms with Crippen molar-refractivity contribution in [3.63, 3.8) is 0 Å². The number of aromatic nitrogens is 2. The van der Waals surface area contributed by atoms with Crippen LogP contribution in [0.5, 0.6) is 0 Å². The van der Waals surface area contributed by atoms with Crippen molar-refractivity contribution < 1.29 is 9.53 Å². The third kappa shape index (κ3) is 3.90. The summed E-state index contributed by atoms with van der Waals surface area (Å²) in [5.41, 5.74) is 6.11. The van der Waals surface area contributed by atoms with Crippen molar-refractivity contribution in [2.45, 2.75) is 39.7 Å². The number of aromatic amines is 1. The highest BCUT2D eigenvalue weighted by Crippen LogP contribution is 2.05. The first-order valence-electron chi connectivity index (χ1n) is 5.45. The van der Waals surface area contributed by atoms with Crippen LogP contribution >= 0.6 is 0 Å². The summed E-state index contributed by atoms with van der Waals surface area (Å²) in [5, 5.41) is 0. The first kappa shape index (κ1) is 13.2. The third-order valence-corrected chi connectivity index (χ3v) is 2.19. The first-order valence-corrected chi connectivity index (χ1v) is 5.45. The van der Waals surface area contributed by atoms with Gasteiger partial charge in [0.2, 0.25) is 5.95 Å². The molecule has 1 rings (SSSR count). The maximum atomic E-state index is 11.6. The van der Waals surface area contributed by atoms with Gasteiger partial charge in [0.25, 0.3) is 5.56 Å². The Bertz CT molecular complexity index is 466. The zero-order valence-electron chi connectivity index (χ0n) is 10.2. The molecule has 3 N–H and O–H groups in total. The van der Waals surface area contributed by atoms with Gasteiger partial charge in [-0.2, -0.15) is 0 Å². The van der Waals surface area contributed by atoms with Crippen LogP contribution in [0.15, 0.2) is 4.79 Å². The van der Waals surface area contributed by atoms with Crippen LogP contribution in [0.4, 0.5) is 5.95 Å². The number of esters is 1. The molecule has 94 valence electrons. The van der Waals surface area contributed by atoms with Crippen LogP contribution in [0.1, 0.15) is 31.5 Å². The molecule has 1 heterocycles. The Morgan fingerprint density at radius 2 is 2.18 bits per heavy atom. The Balaban J connectivity index is 2.70. The van der Waals surface area contributed by atoms with E-state index in [9.17, 15) is 9.59 Å². The van der Waals surface area contributed by atoms with E-state index in [4.69, 9.17) is 10.5 Å². The van der Waals surface area contributed by atoms with Gasteiger partial charge >= 0.3 is 5.97 Å². The highest BCUT2D eigenvalue weighted by molar-refractivity contribution is 5.69. The molecule has 0 aliphatic rings. The van der Waals surface area contributed by atoms with Crippen molar-refractivity contribution in [1.82, 2.24) is 9.97 Å². The first-order chi connectivity index (χ1) is 7.90. The topological polar surface area (TPSA) is 98.1 Å². The lowest BCUT2D eigenvalue weighted by Gasteiger charge is -2.08. The van der Waals surface area contributed by atoms with E-state index in [1.165, 1.54) is 0 Å². The summed E-state index contributed by atoms with van der Waals surface area (Å²) in [6.07, 6.45) is 0.319. The van der Waals surface area contributed by atoms with Crippen LogP contribution in [-0.4, -0.2) is 22.0 Å². The Morgan fingerprint density at radius 3 is 2.71 bits per heavy atom. The van der Waals surface area contributed by atoms with Gasteiger partial charge in [-0.3, -0.25) is 14.6 Å². The average Bonchev–Trinajstić information content (AvgIpc) is 2.14. The number of hydrogen-bond acceptors (Lipinski definition) is 5. The number of ether oxygens (including phenoxy) is 1. The highest BCUT2D eigenvalue weighted by atomic mass is 16.5. The molecule has 0 unspecified atom stereocenters. The van der Waals surface area contributed by atoms with Crippen LogP contribution in [0.3, 0.4) is 0 Å². The molecule has 0 atom stereocenters. The molecule has 0 aliphatic carbocycles. The van der Waals surface area contributed by atoms with E-state index in [-0.39, 0.29) is 30.0 Å². The number of hydrogen-bond donors (Lipinski definition) is 2. The minimum absolute atomic E-state index is 0.0843. The van der Waals surface area contributed by atoms with E-state index in [1.807, 2.05) is 0 Å². The predicted molar refractivity (Wildman–Crippen MR) is 63.6 cm³/mol. The number of carbonyl (C=O) groups is 1. The second-order valence-electron chi connectivity index (χ2n) is 4.05. The Hall–Kier alpha value is -1.85. The van der Waals surface area contributed by atoms with Crippen LogP contribution in [0.2, 0.25) is 0 Å². The number of anilines is 1. The largest absolute Gasteiger partial charge is 0.463 e. The van der Waals surface area contributed by atoms with Crippen molar-refractivity contribution in [1.29, 1.82) is 0 Å². The fraction of sp³-hybridized carbons (Fsp3) is 0.545. The van der Waals surface area contributed by atoms with Gasteiger partial charge < -0.3 is 10.5 Å². The number of H-pyrrole nitrogens is 1. The lowest BCUT2D eigenvalue weighted by atomic mass is 10.1. The Kier molecular flexibility index (Phi) is 4.25. The molecular formula is C11H17N3O3. The SMILES string of the molecule is Cc1nc(N)[nH]c(=O)c1CCC(=O)OC(C)C. The summed E-state index contributed by atoms with van der Waals surface area (Å²) in [6.45, 7) is 5.25. The van der Waals surface area contributed by atoms with Crippen molar-refractivity contribution in [3.8, 4) is 0 Å². The van der Waals surface area contributed by atoms with E-state index < -0.39 is 0 Å². The number of carbonyl (C=O) groups excluding carboxylic acids is 1. The maximum absolute atomic E-state index is 11.6. The summed E-state index contributed by atoms with van der Waals surface area (Å²) < 4.78 is 4.98. The van der Waals surface area contributed by atoms with Crippen molar-refractivity contribution in [3.05, 3.63) is 21.6 Å². The normalized spacial score (nSPS) is 10.6. The summed E-state index contributed by atoms with van der Waals surface area (Å²) in [4.78, 5) is 29.3. The number of nitrogens with zero attached hydrogens (tertiary/aromatic N) is 1. The Morgan fingerprint density at radius 1 is 1.53 bits per heavy atom. The Labute approximate surface area is 99.2 Å². The molecule has 0 spiro atoms. The van der Waals surface area contributed by atoms with Gasteiger partial charge in [0, 0.05) is 17.7 Å². The van der Waals surface area contributed by atoms with E-state index in [0.29, 0.717) is 17.7 Å². The molecule has 0 aromatic carbocycles. The molecule has 0 saturated heterocycles. The van der Waals surface area contributed by atoms with Gasteiger partial charge in [0.05, 0.1) is 6.10 Å². The van der Waals surface area contributed by atoms with Gasteiger partial charge in [0.1, 0.15) is 0 Å². The van der Waals surface area contributed by atoms with Crippen LogP contribution < -0.4 is 11.3 Å². The molecule has 6 nitrogen and oxygen atoms in total. The summed E-state index contributed by atoms with van der Waals surface area (Å²) in [5.74, 6) is -0.239. The predicted octanol–water partition coefficient (Wildman–Crippen LogP) is 0.545. The molecule has 1 aromatic rings. The molecular weight excluding hydrogens is 222 g/mol. The summed E-state index contributed by atoms with van der Waals surface area (Å²) in [6, 6.07) is 0. The molecule has 0 bridgehead atoms. The zero-order valence-corrected chi connectivity index (χ0v) is 10.2. The van der Waals surface area contributed by atoms with Crippen molar-refractivity contribution in [2.24, 2.45) is 0 Å². The van der Waals surface area contributed by atoms with Gasteiger partial charge in [-0.15, -0.1) is 0 Å².